The van der Waals surface area contributed by atoms with Crippen LogP contribution < -0.4 is 27.8 Å². The van der Waals surface area contributed by atoms with Crippen molar-refractivity contribution < 1.29 is 19.5 Å². The van der Waals surface area contributed by atoms with E-state index in [1.54, 1.807) is 6.20 Å². The molecule has 10 N–H and O–H groups in total. The molecule has 182 valence electrons. The molecule has 1 heterocycles. The molecule has 0 aliphatic carbocycles. The third-order valence-corrected chi connectivity index (χ3v) is 5.60. The Bertz CT molecular complexity index is 915. The normalized spacial score (nSPS) is 13.9. The Hall–Kier alpha value is -2.95. The number of aliphatic carboxylic acids is 1. The summed E-state index contributed by atoms with van der Waals surface area (Å²) in [5.74, 6) is -2.15. The van der Waals surface area contributed by atoms with Crippen molar-refractivity contribution in [1.82, 2.24) is 15.6 Å². The van der Waals surface area contributed by atoms with Crippen LogP contribution in [-0.2, 0) is 20.8 Å². The van der Waals surface area contributed by atoms with Crippen molar-refractivity contribution in [2.45, 2.75) is 63.1 Å². The lowest BCUT2D eigenvalue weighted by atomic mass is 10.0. The molecule has 0 fully saturated rings. The maximum atomic E-state index is 13.0. The second-order valence-corrected chi connectivity index (χ2v) is 8.20. The molecule has 0 aliphatic heterocycles. The van der Waals surface area contributed by atoms with Gasteiger partial charge in [0.15, 0.2) is 0 Å². The Labute approximate surface area is 193 Å². The number of fused-ring (bicyclic) bond motifs is 1. The van der Waals surface area contributed by atoms with E-state index in [0.717, 1.165) is 22.9 Å². The number of para-hydroxylation sites is 1. The van der Waals surface area contributed by atoms with Crippen LogP contribution in [0.15, 0.2) is 30.5 Å². The standard InChI is InChI=1S/C23H36N6O4/c24-11-5-3-8-17(26)21(30)28-19(10-4-6-12-25)22(31)29-20(23(32)33)13-15-14-27-18-9-2-1-7-16(15)18/h1-2,7,9,14,17,19-20,27H,3-6,8,10-13,24-26H2,(H,28,30)(H,29,31)(H,32,33)/t17-,19-,20-/m0/s1. The highest BCUT2D eigenvalue weighted by molar-refractivity contribution is 5.92. The van der Waals surface area contributed by atoms with E-state index in [0.29, 0.717) is 45.2 Å². The summed E-state index contributed by atoms with van der Waals surface area (Å²) in [6.07, 6.45) is 5.40. The molecule has 3 atom stereocenters. The fourth-order valence-electron chi connectivity index (χ4n) is 3.67. The van der Waals surface area contributed by atoms with Crippen LogP contribution in [0.2, 0.25) is 0 Å². The number of unbranched alkanes of at least 4 members (excludes halogenated alkanes) is 2. The van der Waals surface area contributed by atoms with Crippen LogP contribution in [0.1, 0.15) is 44.1 Å². The third-order valence-electron chi connectivity index (χ3n) is 5.60. The average molecular weight is 461 g/mol. The number of nitrogens with one attached hydrogen (secondary N) is 3. The number of rotatable bonds is 15. The molecule has 2 aromatic rings. The zero-order valence-electron chi connectivity index (χ0n) is 18.9. The van der Waals surface area contributed by atoms with E-state index in [4.69, 9.17) is 17.2 Å². The SMILES string of the molecule is NCCCC[C@H](NC(=O)[C@@H](N)CCCCN)C(=O)N[C@@H](Cc1c[nH]c2ccccc12)C(=O)O. The molecule has 2 amide bonds. The first-order valence-corrected chi connectivity index (χ1v) is 11.4. The highest BCUT2D eigenvalue weighted by atomic mass is 16.4. The van der Waals surface area contributed by atoms with Gasteiger partial charge in [0.1, 0.15) is 12.1 Å². The van der Waals surface area contributed by atoms with Gasteiger partial charge in [-0.3, -0.25) is 9.59 Å². The van der Waals surface area contributed by atoms with E-state index in [9.17, 15) is 19.5 Å². The number of carbonyl (C=O) groups is 3. The quantitative estimate of drug-likeness (QED) is 0.187. The molecule has 0 unspecified atom stereocenters. The molecule has 0 aliphatic rings. The zero-order valence-corrected chi connectivity index (χ0v) is 18.9. The Kier molecular flexibility index (Phi) is 10.8. The summed E-state index contributed by atoms with van der Waals surface area (Å²) in [7, 11) is 0. The minimum absolute atomic E-state index is 0.104. The zero-order chi connectivity index (χ0) is 24.2. The van der Waals surface area contributed by atoms with Gasteiger partial charge in [0.05, 0.1) is 6.04 Å². The summed E-state index contributed by atoms with van der Waals surface area (Å²) < 4.78 is 0. The maximum absolute atomic E-state index is 13.0. The Morgan fingerprint density at radius 2 is 1.55 bits per heavy atom. The topological polar surface area (TPSA) is 189 Å². The van der Waals surface area contributed by atoms with Crippen LogP contribution in [-0.4, -0.2) is 59.1 Å². The van der Waals surface area contributed by atoms with Crippen LogP contribution in [0, 0.1) is 0 Å². The summed E-state index contributed by atoms with van der Waals surface area (Å²) in [6.45, 7) is 0.977. The van der Waals surface area contributed by atoms with Crippen molar-refractivity contribution in [2.75, 3.05) is 13.1 Å². The Morgan fingerprint density at radius 1 is 0.909 bits per heavy atom. The maximum Gasteiger partial charge on any atom is 0.326 e. The van der Waals surface area contributed by atoms with Crippen molar-refractivity contribution in [1.29, 1.82) is 0 Å². The fourth-order valence-corrected chi connectivity index (χ4v) is 3.67. The molecule has 0 spiro atoms. The van der Waals surface area contributed by atoms with Gasteiger partial charge in [0.25, 0.3) is 0 Å². The number of aromatic nitrogens is 1. The molecule has 0 saturated carbocycles. The first kappa shape index (κ1) is 26.3. The Morgan fingerprint density at radius 3 is 2.21 bits per heavy atom. The van der Waals surface area contributed by atoms with E-state index < -0.39 is 35.9 Å². The highest BCUT2D eigenvalue weighted by Crippen LogP contribution is 2.19. The number of carboxylic acid groups (broad SMARTS) is 1. The predicted molar refractivity (Wildman–Crippen MR) is 127 cm³/mol. The lowest BCUT2D eigenvalue weighted by molar-refractivity contribution is -0.142. The highest BCUT2D eigenvalue weighted by Gasteiger charge is 2.28. The smallest absolute Gasteiger partial charge is 0.326 e. The van der Waals surface area contributed by atoms with E-state index in [1.165, 1.54) is 0 Å². The van der Waals surface area contributed by atoms with Crippen LogP contribution in [0.4, 0.5) is 0 Å². The van der Waals surface area contributed by atoms with Crippen molar-refractivity contribution >= 4 is 28.7 Å². The monoisotopic (exact) mass is 460 g/mol. The second-order valence-electron chi connectivity index (χ2n) is 8.20. The van der Waals surface area contributed by atoms with Crippen LogP contribution in [0.5, 0.6) is 0 Å². The van der Waals surface area contributed by atoms with Gasteiger partial charge >= 0.3 is 5.97 Å². The number of hydrogen-bond donors (Lipinski definition) is 7. The molecule has 2 rings (SSSR count). The largest absolute Gasteiger partial charge is 0.480 e. The van der Waals surface area contributed by atoms with Gasteiger partial charge in [-0.2, -0.15) is 0 Å². The van der Waals surface area contributed by atoms with Crippen LogP contribution in [0.25, 0.3) is 10.9 Å². The Balaban J connectivity index is 2.07. The molecular weight excluding hydrogens is 424 g/mol. The van der Waals surface area contributed by atoms with Crippen LogP contribution >= 0.6 is 0 Å². The number of aromatic amines is 1. The first-order chi connectivity index (χ1) is 15.9. The molecule has 33 heavy (non-hydrogen) atoms. The van der Waals surface area contributed by atoms with Crippen molar-refractivity contribution in [3.63, 3.8) is 0 Å². The number of carboxylic acids is 1. The summed E-state index contributed by atoms with van der Waals surface area (Å²) in [5, 5.41) is 15.9. The molecule has 0 radical (unpaired) electrons. The molecule has 10 nitrogen and oxygen atoms in total. The molecule has 1 aromatic heterocycles. The predicted octanol–water partition coefficient (Wildman–Crippen LogP) is 0.350. The summed E-state index contributed by atoms with van der Waals surface area (Å²) in [6, 6.07) is 4.74. The average Bonchev–Trinajstić information content (AvgIpc) is 3.20. The minimum Gasteiger partial charge on any atom is -0.480 e. The van der Waals surface area contributed by atoms with Gasteiger partial charge in [-0.25, -0.2) is 4.79 Å². The van der Waals surface area contributed by atoms with E-state index >= 15 is 0 Å². The van der Waals surface area contributed by atoms with Crippen molar-refractivity contribution in [2.24, 2.45) is 17.2 Å². The van der Waals surface area contributed by atoms with Gasteiger partial charge < -0.3 is 37.9 Å². The molecular formula is C23H36N6O4. The summed E-state index contributed by atoms with van der Waals surface area (Å²) in [4.78, 5) is 40.5. The molecule has 0 bridgehead atoms. The van der Waals surface area contributed by atoms with Crippen molar-refractivity contribution in [3.05, 3.63) is 36.0 Å². The summed E-state index contributed by atoms with van der Waals surface area (Å²) >= 11 is 0. The van der Waals surface area contributed by atoms with Gasteiger partial charge in [-0.1, -0.05) is 24.6 Å². The molecule has 0 saturated heterocycles. The minimum atomic E-state index is -1.15. The number of nitrogens with two attached hydrogens (primary N) is 3. The number of benzene rings is 1. The first-order valence-electron chi connectivity index (χ1n) is 11.4. The molecule has 1 aromatic carbocycles. The summed E-state index contributed by atoms with van der Waals surface area (Å²) in [5.41, 5.74) is 18.6. The van der Waals surface area contributed by atoms with E-state index in [1.807, 2.05) is 24.3 Å². The number of carbonyl (C=O) groups excluding carboxylic acids is 2. The lowest BCUT2D eigenvalue weighted by Gasteiger charge is -2.23. The lowest BCUT2D eigenvalue weighted by Crippen LogP contribution is -2.54. The van der Waals surface area contributed by atoms with Gasteiger partial charge in [-0.05, 0) is 56.8 Å². The number of amides is 2. The number of hydrogen-bond acceptors (Lipinski definition) is 6. The third kappa shape index (κ3) is 8.16. The molecule has 10 heteroatoms. The van der Waals surface area contributed by atoms with Crippen molar-refractivity contribution in [3.8, 4) is 0 Å². The van der Waals surface area contributed by atoms with E-state index in [2.05, 4.69) is 15.6 Å². The second kappa shape index (κ2) is 13.6. The number of H-pyrrole nitrogens is 1. The van der Waals surface area contributed by atoms with Gasteiger partial charge in [0, 0.05) is 23.5 Å². The van der Waals surface area contributed by atoms with E-state index in [-0.39, 0.29) is 6.42 Å². The van der Waals surface area contributed by atoms with Crippen LogP contribution in [0.3, 0.4) is 0 Å². The van der Waals surface area contributed by atoms with Gasteiger partial charge in [-0.15, -0.1) is 0 Å². The fraction of sp³-hybridized carbons (Fsp3) is 0.522. The van der Waals surface area contributed by atoms with Gasteiger partial charge in [0.2, 0.25) is 11.8 Å².